The molecule has 0 aromatic heterocycles. The summed E-state index contributed by atoms with van der Waals surface area (Å²) in [5, 5.41) is 0. The van der Waals surface area contributed by atoms with Crippen LogP contribution in [0.1, 0.15) is 22.3 Å². The standard InChI is InChI=1S/C16H19N/c1-12-4-3-5-14(10-12)8-9-15-7-6-13(2)16(17)11-15/h3-7,10-11H,8-9,17H2,1-2H3. The highest BCUT2D eigenvalue weighted by molar-refractivity contribution is 5.48. The third kappa shape index (κ3) is 3.10. The van der Waals surface area contributed by atoms with Gasteiger partial charge >= 0.3 is 0 Å². The van der Waals surface area contributed by atoms with Crippen molar-refractivity contribution in [2.75, 3.05) is 5.73 Å². The molecule has 0 amide bonds. The van der Waals surface area contributed by atoms with E-state index in [0.29, 0.717) is 0 Å². The minimum absolute atomic E-state index is 0.895. The van der Waals surface area contributed by atoms with Gasteiger partial charge in [0.1, 0.15) is 0 Å². The van der Waals surface area contributed by atoms with E-state index in [1.165, 1.54) is 16.7 Å². The molecule has 0 atom stereocenters. The molecule has 0 radical (unpaired) electrons. The number of hydrogen-bond donors (Lipinski definition) is 1. The molecule has 2 rings (SSSR count). The van der Waals surface area contributed by atoms with E-state index in [0.717, 1.165) is 24.1 Å². The number of benzene rings is 2. The maximum atomic E-state index is 5.91. The van der Waals surface area contributed by atoms with Gasteiger partial charge in [0.25, 0.3) is 0 Å². The molecule has 0 heterocycles. The largest absolute Gasteiger partial charge is 0.399 e. The molecule has 0 saturated heterocycles. The average molecular weight is 225 g/mol. The van der Waals surface area contributed by atoms with Crippen LogP contribution in [0.4, 0.5) is 5.69 Å². The Labute approximate surface area is 103 Å². The number of anilines is 1. The van der Waals surface area contributed by atoms with Gasteiger partial charge in [-0.25, -0.2) is 0 Å². The van der Waals surface area contributed by atoms with E-state index in [9.17, 15) is 0 Å². The Kier molecular flexibility index (Phi) is 3.48. The number of aryl methyl sites for hydroxylation is 4. The van der Waals surface area contributed by atoms with Crippen LogP contribution >= 0.6 is 0 Å². The lowest BCUT2D eigenvalue weighted by Gasteiger charge is -2.06. The van der Waals surface area contributed by atoms with Gasteiger partial charge in [0.15, 0.2) is 0 Å². The zero-order valence-corrected chi connectivity index (χ0v) is 10.5. The summed E-state index contributed by atoms with van der Waals surface area (Å²) in [5.41, 5.74) is 12.0. The maximum absolute atomic E-state index is 5.91. The third-order valence-electron chi connectivity index (χ3n) is 3.13. The topological polar surface area (TPSA) is 26.0 Å². The van der Waals surface area contributed by atoms with Crippen LogP contribution in [-0.2, 0) is 12.8 Å². The fraction of sp³-hybridized carbons (Fsp3) is 0.250. The Bertz CT molecular complexity index is 515. The highest BCUT2D eigenvalue weighted by Crippen LogP contribution is 2.15. The number of rotatable bonds is 3. The van der Waals surface area contributed by atoms with E-state index in [4.69, 9.17) is 5.73 Å². The van der Waals surface area contributed by atoms with Gasteiger partial charge in [-0.05, 0) is 49.4 Å². The second-order valence-electron chi connectivity index (χ2n) is 4.68. The minimum atomic E-state index is 0.895. The Balaban J connectivity index is 2.05. The number of nitrogen functional groups attached to an aromatic ring is 1. The van der Waals surface area contributed by atoms with E-state index in [-0.39, 0.29) is 0 Å². The lowest BCUT2D eigenvalue weighted by Crippen LogP contribution is -1.95. The van der Waals surface area contributed by atoms with E-state index in [2.05, 4.69) is 49.4 Å². The predicted molar refractivity (Wildman–Crippen MR) is 74.2 cm³/mol. The highest BCUT2D eigenvalue weighted by atomic mass is 14.5. The molecule has 0 saturated carbocycles. The molecule has 0 aliphatic heterocycles. The molecule has 88 valence electrons. The van der Waals surface area contributed by atoms with Crippen LogP contribution in [0.2, 0.25) is 0 Å². The van der Waals surface area contributed by atoms with Gasteiger partial charge in [0.2, 0.25) is 0 Å². The Morgan fingerprint density at radius 1 is 0.882 bits per heavy atom. The summed E-state index contributed by atoms with van der Waals surface area (Å²) in [6.45, 7) is 4.17. The second kappa shape index (κ2) is 5.05. The molecule has 0 aliphatic rings. The van der Waals surface area contributed by atoms with Crippen molar-refractivity contribution in [3.8, 4) is 0 Å². The van der Waals surface area contributed by atoms with Crippen molar-refractivity contribution in [1.82, 2.24) is 0 Å². The first-order valence-electron chi connectivity index (χ1n) is 6.06. The fourth-order valence-electron chi connectivity index (χ4n) is 2.00. The Morgan fingerprint density at radius 2 is 1.59 bits per heavy atom. The van der Waals surface area contributed by atoms with Crippen LogP contribution in [0.25, 0.3) is 0 Å². The summed E-state index contributed by atoms with van der Waals surface area (Å²) < 4.78 is 0. The van der Waals surface area contributed by atoms with Crippen molar-refractivity contribution in [2.45, 2.75) is 26.7 Å². The first-order valence-corrected chi connectivity index (χ1v) is 6.06. The van der Waals surface area contributed by atoms with Gasteiger partial charge < -0.3 is 5.73 Å². The lowest BCUT2D eigenvalue weighted by atomic mass is 10.0. The first-order chi connectivity index (χ1) is 8.15. The monoisotopic (exact) mass is 225 g/mol. The Hall–Kier alpha value is -1.76. The van der Waals surface area contributed by atoms with E-state index in [1.807, 2.05) is 6.92 Å². The summed E-state index contributed by atoms with van der Waals surface area (Å²) in [5.74, 6) is 0. The molecule has 2 N–H and O–H groups in total. The van der Waals surface area contributed by atoms with Crippen molar-refractivity contribution in [1.29, 1.82) is 0 Å². The summed E-state index contributed by atoms with van der Waals surface area (Å²) >= 11 is 0. The van der Waals surface area contributed by atoms with Gasteiger partial charge in [0.05, 0.1) is 0 Å². The van der Waals surface area contributed by atoms with E-state index in [1.54, 1.807) is 0 Å². The summed E-state index contributed by atoms with van der Waals surface area (Å²) in [4.78, 5) is 0. The molecule has 2 aromatic rings. The average Bonchev–Trinajstić information content (AvgIpc) is 2.31. The van der Waals surface area contributed by atoms with Gasteiger partial charge in [-0.2, -0.15) is 0 Å². The molecule has 0 bridgehead atoms. The molecular formula is C16H19N. The van der Waals surface area contributed by atoms with Crippen LogP contribution in [0.15, 0.2) is 42.5 Å². The molecule has 0 spiro atoms. The van der Waals surface area contributed by atoms with Crippen LogP contribution in [-0.4, -0.2) is 0 Å². The smallest absolute Gasteiger partial charge is 0.0346 e. The van der Waals surface area contributed by atoms with E-state index >= 15 is 0 Å². The summed E-state index contributed by atoms with van der Waals surface area (Å²) in [6, 6.07) is 15.0. The van der Waals surface area contributed by atoms with E-state index < -0.39 is 0 Å². The maximum Gasteiger partial charge on any atom is 0.0346 e. The summed E-state index contributed by atoms with van der Waals surface area (Å²) in [6.07, 6.45) is 2.12. The van der Waals surface area contributed by atoms with Crippen molar-refractivity contribution < 1.29 is 0 Å². The van der Waals surface area contributed by atoms with Gasteiger partial charge in [-0.1, -0.05) is 42.0 Å². The summed E-state index contributed by atoms with van der Waals surface area (Å²) in [7, 11) is 0. The SMILES string of the molecule is Cc1cccc(CCc2ccc(C)c(N)c2)c1. The lowest BCUT2D eigenvalue weighted by molar-refractivity contribution is 0.958. The second-order valence-corrected chi connectivity index (χ2v) is 4.68. The molecule has 0 unspecified atom stereocenters. The number of nitrogens with two attached hydrogens (primary N) is 1. The van der Waals surface area contributed by atoms with Gasteiger partial charge in [0, 0.05) is 5.69 Å². The zero-order valence-electron chi connectivity index (χ0n) is 10.5. The molecule has 1 heteroatoms. The van der Waals surface area contributed by atoms with Gasteiger partial charge in [-0.3, -0.25) is 0 Å². The predicted octanol–water partition coefficient (Wildman–Crippen LogP) is 3.67. The van der Waals surface area contributed by atoms with Crippen molar-refractivity contribution in [2.24, 2.45) is 0 Å². The van der Waals surface area contributed by atoms with Gasteiger partial charge in [-0.15, -0.1) is 0 Å². The van der Waals surface area contributed by atoms with Crippen molar-refractivity contribution in [3.63, 3.8) is 0 Å². The van der Waals surface area contributed by atoms with Crippen molar-refractivity contribution in [3.05, 3.63) is 64.7 Å². The number of hydrogen-bond acceptors (Lipinski definition) is 1. The minimum Gasteiger partial charge on any atom is -0.399 e. The quantitative estimate of drug-likeness (QED) is 0.792. The fourth-order valence-corrected chi connectivity index (χ4v) is 2.00. The molecule has 17 heavy (non-hydrogen) atoms. The van der Waals surface area contributed by atoms with Crippen LogP contribution in [0.5, 0.6) is 0 Å². The van der Waals surface area contributed by atoms with Crippen LogP contribution in [0.3, 0.4) is 0 Å². The first kappa shape index (κ1) is 11.7. The molecule has 2 aromatic carbocycles. The highest BCUT2D eigenvalue weighted by Gasteiger charge is 1.99. The molecule has 1 nitrogen and oxygen atoms in total. The van der Waals surface area contributed by atoms with Crippen LogP contribution in [0, 0.1) is 13.8 Å². The van der Waals surface area contributed by atoms with Crippen LogP contribution < -0.4 is 5.73 Å². The molecule has 0 aliphatic carbocycles. The zero-order chi connectivity index (χ0) is 12.3. The normalized spacial score (nSPS) is 10.5. The molecule has 0 fully saturated rings. The third-order valence-corrected chi connectivity index (χ3v) is 3.13. The molecular weight excluding hydrogens is 206 g/mol. The van der Waals surface area contributed by atoms with Crippen molar-refractivity contribution >= 4 is 5.69 Å². The Morgan fingerprint density at radius 3 is 2.24 bits per heavy atom.